The molecule has 7 heteroatoms. The second-order valence-corrected chi connectivity index (χ2v) is 8.11. The van der Waals surface area contributed by atoms with E-state index in [0.717, 1.165) is 16.8 Å². The van der Waals surface area contributed by atoms with Gasteiger partial charge in [-0.1, -0.05) is 53.2 Å². The van der Waals surface area contributed by atoms with Crippen molar-refractivity contribution in [1.82, 2.24) is 0 Å². The molecule has 1 aliphatic heterocycles. The highest BCUT2D eigenvalue weighted by Gasteiger charge is 2.33. The minimum absolute atomic E-state index is 0.128. The van der Waals surface area contributed by atoms with E-state index in [-0.39, 0.29) is 21.7 Å². The van der Waals surface area contributed by atoms with E-state index in [1.807, 2.05) is 32.0 Å². The first-order valence-electron chi connectivity index (χ1n) is 7.31. The summed E-state index contributed by atoms with van der Waals surface area (Å²) in [7, 11) is 0. The molecule has 0 saturated carbocycles. The highest BCUT2D eigenvalue weighted by atomic mass is 35.5. The first kappa shape index (κ1) is 18.3. The Morgan fingerprint density at radius 3 is 2.36 bits per heavy atom. The smallest absolute Gasteiger partial charge is 0.270 e. The first-order valence-corrected chi connectivity index (χ1v) is 9.29. The molecule has 0 unspecified atom stereocenters. The van der Waals surface area contributed by atoms with E-state index < -0.39 is 0 Å². The molecule has 1 fully saturated rings. The number of aryl methyl sites for hydroxylation is 2. The number of aromatic hydroxyl groups is 1. The molecule has 25 heavy (non-hydrogen) atoms. The van der Waals surface area contributed by atoms with Gasteiger partial charge in [-0.25, -0.2) is 0 Å². The van der Waals surface area contributed by atoms with Crippen molar-refractivity contribution in [2.75, 3.05) is 4.90 Å². The van der Waals surface area contributed by atoms with Gasteiger partial charge >= 0.3 is 0 Å². The molecule has 1 aliphatic rings. The summed E-state index contributed by atoms with van der Waals surface area (Å²) in [6, 6.07) is 8.88. The van der Waals surface area contributed by atoms with Crippen molar-refractivity contribution >= 4 is 69.2 Å². The number of phenols is 1. The Kier molecular flexibility index (Phi) is 5.11. The van der Waals surface area contributed by atoms with Gasteiger partial charge in [0.1, 0.15) is 0 Å². The zero-order chi connectivity index (χ0) is 18.3. The Labute approximate surface area is 165 Å². The quantitative estimate of drug-likeness (QED) is 0.508. The maximum Gasteiger partial charge on any atom is 0.270 e. The Bertz CT molecular complexity index is 918. The number of thioether (sulfide) groups is 1. The molecule has 0 bridgehead atoms. The molecule has 0 atom stereocenters. The Balaban J connectivity index is 1.97. The molecule has 0 spiro atoms. The molecule has 2 aromatic carbocycles. The number of carbonyl (C=O) groups excluding carboxylic acids is 1. The minimum Gasteiger partial charge on any atom is -0.505 e. The van der Waals surface area contributed by atoms with Crippen molar-refractivity contribution in [3.63, 3.8) is 0 Å². The van der Waals surface area contributed by atoms with Gasteiger partial charge in [-0.05, 0) is 60.9 Å². The van der Waals surface area contributed by atoms with E-state index in [9.17, 15) is 9.90 Å². The fraction of sp³-hybridized carbons (Fsp3) is 0.111. The van der Waals surface area contributed by atoms with E-state index in [0.29, 0.717) is 14.8 Å². The van der Waals surface area contributed by atoms with Crippen LogP contribution in [0.4, 0.5) is 5.69 Å². The van der Waals surface area contributed by atoms with Crippen molar-refractivity contribution in [3.8, 4) is 5.75 Å². The first-order chi connectivity index (χ1) is 11.8. The normalized spacial score (nSPS) is 16.2. The monoisotopic (exact) mass is 409 g/mol. The molecule has 1 saturated heterocycles. The van der Waals surface area contributed by atoms with E-state index in [2.05, 4.69) is 0 Å². The van der Waals surface area contributed by atoms with Crippen LogP contribution in [0.2, 0.25) is 10.0 Å². The minimum atomic E-state index is -0.196. The summed E-state index contributed by atoms with van der Waals surface area (Å²) in [6.45, 7) is 4.01. The Hall–Kier alpha value is -1.53. The lowest BCUT2D eigenvalue weighted by Crippen LogP contribution is -2.27. The van der Waals surface area contributed by atoms with Crippen LogP contribution in [0.15, 0.2) is 35.2 Å². The van der Waals surface area contributed by atoms with Gasteiger partial charge in [0.15, 0.2) is 10.1 Å². The van der Waals surface area contributed by atoms with Gasteiger partial charge in [-0.3, -0.25) is 9.69 Å². The van der Waals surface area contributed by atoms with Gasteiger partial charge in [0.25, 0.3) is 5.91 Å². The second kappa shape index (κ2) is 7.00. The molecule has 0 radical (unpaired) electrons. The molecular weight excluding hydrogens is 397 g/mol. The number of halogens is 2. The van der Waals surface area contributed by atoms with Crippen LogP contribution < -0.4 is 4.90 Å². The van der Waals surface area contributed by atoms with Gasteiger partial charge in [-0.15, -0.1) is 0 Å². The molecule has 3 rings (SSSR count). The summed E-state index contributed by atoms with van der Waals surface area (Å²) in [5, 5.41) is 9.90. The van der Waals surface area contributed by atoms with E-state index in [1.165, 1.54) is 16.7 Å². The predicted molar refractivity (Wildman–Crippen MR) is 110 cm³/mol. The average molecular weight is 410 g/mol. The van der Waals surface area contributed by atoms with Gasteiger partial charge in [0, 0.05) is 0 Å². The third-order valence-electron chi connectivity index (χ3n) is 3.88. The van der Waals surface area contributed by atoms with Crippen molar-refractivity contribution < 1.29 is 9.90 Å². The Morgan fingerprint density at radius 1 is 1.12 bits per heavy atom. The molecule has 3 nitrogen and oxygen atoms in total. The molecule has 1 N–H and O–H groups in total. The van der Waals surface area contributed by atoms with Crippen LogP contribution in [0.25, 0.3) is 6.08 Å². The maximum absolute atomic E-state index is 12.8. The second-order valence-electron chi connectivity index (χ2n) is 5.62. The molecule has 128 valence electrons. The van der Waals surface area contributed by atoms with Crippen LogP contribution >= 0.6 is 47.2 Å². The van der Waals surface area contributed by atoms with Gasteiger partial charge < -0.3 is 5.11 Å². The van der Waals surface area contributed by atoms with Crippen molar-refractivity contribution in [2.24, 2.45) is 0 Å². The third-order valence-corrected chi connectivity index (χ3v) is 5.76. The van der Waals surface area contributed by atoms with Crippen LogP contribution in [0.5, 0.6) is 5.75 Å². The number of benzene rings is 2. The zero-order valence-electron chi connectivity index (χ0n) is 13.3. The van der Waals surface area contributed by atoms with Crippen LogP contribution in [0.1, 0.15) is 16.7 Å². The fourth-order valence-corrected chi connectivity index (χ4v) is 4.18. The van der Waals surface area contributed by atoms with Gasteiger partial charge in [0.05, 0.1) is 20.6 Å². The number of nitrogens with zero attached hydrogens (tertiary/aromatic N) is 1. The fourth-order valence-electron chi connectivity index (χ4n) is 2.37. The molecule has 0 aliphatic carbocycles. The van der Waals surface area contributed by atoms with E-state index in [4.69, 9.17) is 35.4 Å². The van der Waals surface area contributed by atoms with E-state index in [1.54, 1.807) is 18.2 Å². The Morgan fingerprint density at radius 2 is 1.76 bits per heavy atom. The van der Waals surface area contributed by atoms with Gasteiger partial charge in [0.2, 0.25) is 0 Å². The highest BCUT2D eigenvalue weighted by Crippen LogP contribution is 2.38. The number of thiocarbonyl (C=S) groups is 1. The third kappa shape index (κ3) is 3.55. The van der Waals surface area contributed by atoms with E-state index >= 15 is 0 Å². The van der Waals surface area contributed by atoms with Crippen molar-refractivity contribution in [2.45, 2.75) is 13.8 Å². The summed E-state index contributed by atoms with van der Waals surface area (Å²) in [6.07, 6.45) is 1.66. The lowest BCUT2D eigenvalue weighted by molar-refractivity contribution is -0.113. The maximum atomic E-state index is 12.8. The number of carbonyl (C=O) groups is 1. The molecule has 2 aromatic rings. The standard InChI is InChI=1S/C18H13Cl2NO2S2/c1-9-3-4-12(5-10(9)2)21-17(23)15(25-18(21)24)8-11-6-13(19)16(22)14(20)7-11/h3-8,22H,1-2H3. The predicted octanol–water partition coefficient (Wildman–Crippen LogP) is 5.72. The lowest BCUT2D eigenvalue weighted by Gasteiger charge is -2.15. The SMILES string of the molecule is Cc1ccc(N2C(=O)C(=Cc3cc(Cl)c(O)c(Cl)c3)SC2=S)cc1C. The van der Waals surface area contributed by atoms with Gasteiger partial charge in [-0.2, -0.15) is 0 Å². The number of phenolic OH excluding ortho intramolecular Hbond substituents is 1. The lowest BCUT2D eigenvalue weighted by atomic mass is 10.1. The molecule has 0 aromatic heterocycles. The summed E-state index contributed by atoms with van der Waals surface area (Å²) >= 11 is 18.5. The number of hydrogen-bond acceptors (Lipinski definition) is 4. The number of amides is 1. The van der Waals surface area contributed by atoms with Crippen LogP contribution in [0, 0.1) is 13.8 Å². The van der Waals surface area contributed by atoms with Crippen molar-refractivity contribution in [1.29, 1.82) is 0 Å². The summed E-state index contributed by atoms with van der Waals surface area (Å²) in [5.74, 6) is -0.373. The molecular formula is C18H13Cl2NO2S2. The van der Waals surface area contributed by atoms with Crippen LogP contribution in [-0.2, 0) is 4.79 Å². The largest absolute Gasteiger partial charge is 0.505 e. The summed E-state index contributed by atoms with van der Waals surface area (Å²) in [4.78, 5) is 14.8. The van der Waals surface area contributed by atoms with Crippen molar-refractivity contribution in [3.05, 3.63) is 62.0 Å². The number of hydrogen-bond donors (Lipinski definition) is 1. The highest BCUT2D eigenvalue weighted by molar-refractivity contribution is 8.27. The zero-order valence-corrected chi connectivity index (χ0v) is 16.5. The number of rotatable bonds is 2. The summed E-state index contributed by atoms with van der Waals surface area (Å²) in [5.41, 5.74) is 3.61. The van der Waals surface area contributed by atoms with Crippen LogP contribution in [0.3, 0.4) is 0 Å². The molecule has 1 heterocycles. The topological polar surface area (TPSA) is 40.5 Å². The molecule has 1 amide bonds. The summed E-state index contributed by atoms with van der Waals surface area (Å²) < 4.78 is 0.468. The number of anilines is 1. The van der Waals surface area contributed by atoms with Crippen LogP contribution in [-0.4, -0.2) is 15.3 Å². The average Bonchev–Trinajstić information content (AvgIpc) is 2.82.